The third-order valence-electron chi connectivity index (χ3n) is 6.39. The standard InChI is InChI=1S/C27H29FN4.ClH/c28-23-12-10-22(11-13-23)20-32-26-9-5-4-8-25(26)30-27(32)29-24-15-18-31(19-16-24)17-14-21-6-2-1-3-7-21;/h1-13,24H,14-20H2,(H,29,30);1H. The number of anilines is 1. The highest BCUT2D eigenvalue weighted by Crippen LogP contribution is 2.24. The number of hydrogen-bond acceptors (Lipinski definition) is 3. The van der Waals surface area contributed by atoms with Crippen LogP contribution in [0.25, 0.3) is 11.0 Å². The van der Waals surface area contributed by atoms with Crippen LogP contribution < -0.4 is 5.32 Å². The molecule has 33 heavy (non-hydrogen) atoms. The van der Waals surface area contributed by atoms with Crippen molar-refractivity contribution in [3.63, 3.8) is 0 Å². The Balaban J connectivity index is 0.00000259. The van der Waals surface area contributed by atoms with Crippen molar-refractivity contribution in [2.24, 2.45) is 0 Å². The maximum atomic E-state index is 13.4. The predicted octanol–water partition coefficient (Wildman–Crippen LogP) is 5.76. The van der Waals surface area contributed by atoms with E-state index in [1.54, 1.807) is 0 Å². The molecule has 0 saturated carbocycles. The van der Waals surface area contributed by atoms with Crippen molar-refractivity contribution >= 4 is 29.4 Å². The molecule has 1 fully saturated rings. The van der Waals surface area contributed by atoms with Crippen molar-refractivity contribution in [1.82, 2.24) is 14.5 Å². The average molecular weight is 465 g/mol. The van der Waals surface area contributed by atoms with E-state index < -0.39 is 0 Å². The Hall–Kier alpha value is -2.89. The lowest BCUT2D eigenvalue weighted by Gasteiger charge is -2.32. The van der Waals surface area contributed by atoms with E-state index in [4.69, 9.17) is 4.98 Å². The van der Waals surface area contributed by atoms with Gasteiger partial charge in [0, 0.05) is 25.7 Å². The van der Waals surface area contributed by atoms with Crippen LogP contribution in [0.5, 0.6) is 0 Å². The van der Waals surface area contributed by atoms with Gasteiger partial charge in [0.15, 0.2) is 0 Å². The molecule has 4 nitrogen and oxygen atoms in total. The maximum absolute atomic E-state index is 13.4. The molecule has 4 aromatic rings. The number of likely N-dealkylation sites (tertiary alicyclic amines) is 1. The molecule has 6 heteroatoms. The molecule has 0 unspecified atom stereocenters. The first kappa shape index (κ1) is 23.3. The topological polar surface area (TPSA) is 33.1 Å². The Morgan fingerprint density at radius 2 is 1.55 bits per heavy atom. The lowest BCUT2D eigenvalue weighted by molar-refractivity contribution is 0.221. The third kappa shape index (κ3) is 5.73. The first-order valence-electron chi connectivity index (χ1n) is 11.5. The summed E-state index contributed by atoms with van der Waals surface area (Å²) in [4.78, 5) is 7.44. The minimum absolute atomic E-state index is 0. The number of halogens is 2. The Morgan fingerprint density at radius 3 is 2.30 bits per heavy atom. The number of benzene rings is 3. The fraction of sp³-hybridized carbons (Fsp3) is 0.296. The number of fused-ring (bicyclic) bond motifs is 1. The van der Waals surface area contributed by atoms with Crippen LogP contribution in [-0.2, 0) is 13.0 Å². The maximum Gasteiger partial charge on any atom is 0.204 e. The van der Waals surface area contributed by atoms with Gasteiger partial charge in [-0.2, -0.15) is 0 Å². The fourth-order valence-corrected chi connectivity index (χ4v) is 4.53. The molecule has 172 valence electrons. The van der Waals surface area contributed by atoms with Gasteiger partial charge in [-0.25, -0.2) is 9.37 Å². The quantitative estimate of drug-likeness (QED) is 0.377. The number of nitrogens with one attached hydrogen (secondary N) is 1. The highest BCUT2D eigenvalue weighted by atomic mass is 35.5. The number of nitrogens with zero attached hydrogens (tertiary/aromatic N) is 3. The zero-order valence-corrected chi connectivity index (χ0v) is 19.5. The molecule has 2 heterocycles. The number of para-hydroxylation sites is 2. The van der Waals surface area contributed by atoms with Gasteiger partial charge < -0.3 is 14.8 Å². The van der Waals surface area contributed by atoms with E-state index in [1.165, 1.54) is 17.7 Å². The average Bonchev–Trinajstić information content (AvgIpc) is 3.17. The zero-order valence-electron chi connectivity index (χ0n) is 18.7. The molecule has 0 amide bonds. The van der Waals surface area contributed by atoms with E-state index in [1.807, 2.05) is 30.3 Å². The van der Waals surface area contributed by atoms with Crippen molar-refractivity contribution in [3.8, 4) is 0 Å². The van der Waals surface area contributed by atoms with Gasteiger partial charge in [0.05, 0.1) is 17.6 Å². The second-order valence-corrected chi connectivity index (χ2v) is 8.63. The van der Waals surface area contributed by atoms with E-state index in [-0.39, 0.29) is 18.2 Å². The normalized spacial score (nSPS) is 14.8. The van der Waals surface area contributed by atoms with E-state index >= 15 is 0 Å². The predicted molar refractivity (Wildman–Crippen MR) is 136 cm³/mol. The molecule has 0 atom stereocenters. The van der Waals surface area contributed by atoms with Gasteiger partial charge in [-0.3, -0.25) is 0 Å². The van der Waals surface area contributed by atoms with Gasteiger partial charge in [0.1, 0.15) is 5.82 Å². The molecule has 0 aliphatic carbocycles. The summed E-state index contributed by atoms with van der Waals surface area (Å²) in [5, 5.41) is 3.72. The van der Waals surface area contributed by atoms with Crippen LogP contribution in [0.15, 0.2) is 78.9 Å². The minimum atomic E-state index is -0.207. The fourth-order valence-electron chi connectivity index (χ4n) is 4.53. The lowest BCUT2D eigenvalue weighted by Crippen LogP contribution is -2.40. The van der Waals surface area contributed by atoms with Crippen LogP contribution in [0.3, 0.4) is 0 Å². The van der Waals surface area contributed by atoms with Crippen LogP contribution >= 0.6 is 12.4 Å². The molecule has 1 aliphatic rings. The first-order valence-corrected chi connectivity index (χ1v) is 11.5. The molecule has 1 N–H and O–H groups in total. The summed E-state index contributed by atoms with van der Waals surface area (Å²) < 4.78 is 15.6. The van der Waals surface area contributed by atoms with Gasteiger partial charge in [0.2, 0.25) is 5.95 Å². The highest BCUT2D eigenvalue weighted by Gasteiger charge is 2.21. The SMILES string of the molecule is Cl.Fc1ccc(Cn2c(NC3CCN(CCc4ccccc4)CC3)nc3ccccc32)cc1. The number of aromatic nitrogens is 2. The summed E-state index contributed by atoms with van der Waals surface area (Å²) in [7, 11) is 0. The molecule has 1 aromatic heterocycles. The van der Waals surface area contributed by atoms with E-state index in [0.29, 0.717) is 12.6 Å². The van der Waals surface area contributed by atoms with E-state index in [9.17, 15) is 4.39 Å². The first-order chi connectivity index (χ1) is 15.7. The minimum Gasteiger partial charge on any atom is -0.353 e. The van der Waals surface area contributed by atoms with Crippen molar-refractivity contribution in [1.29, 1.82) is 0 Å². The Morgan fingerprint density at radius 1 is 0.848 bits per heavy atom. The molecule has 3 aromatic carbocycles. The third-order valence-corrected chi connectivity index (χ3v) is 6.39. The highest BCUT2D eigenvalue weighted by molar-refractivity contribution is 5.85. The summed E-state index contributed by atoms with van der Waals surface area (Å²) in [6.45, 7) is 3.98. The Kier molecular flexibility index (Phi) is 7.63. The number of imidazole rings is 1. The second-order valence-electron chi connectivity index (χ2n) is 8.63. The van der Waals surface area contributed by atoms with Gasteiger partial charge in [-0.05, 0) is 54.7 Å². The Bertz CT molecular complexity index is 1150. The molecule has 1 saturated heterocycles. The van der Waals surface area contributed by atoms with Gasteiger partial charge in [-0.15, -0.1) is 12.4 Å². The summed E-state index contributed by atoms with van der Waals surface area (Å²) in [5.74, 6) is 0.694. The summed E-state index contributed by atoms with van der Waals surface area (Å²) >= 11 is 0. The smallest absolute Gasteiger partial charge is 0.204 e. The van der Waals surface area contributed by atoms with Crippen LogP contribution in [0.4, 0.5) is 10.3 Å². The van der Waals surface area contributed by atoms with Crippen molar-refractivity contribution in [2.75, 3.05) is 25.0 Å². The van der Waals surface area contributed by atoms with Crippen LogP contribution in [-0.4, -0.2) is 40.1 Å². The summed E-state index contributed by atoms with van der Waals surface area (Å²) in [5.41, 5.74) is 4.55. The molecule has 0 radical (unpaired) electrons. The van der Waals surface area contributed by atoms with Gasteiger partial charge in [0.25, 0.3) is 0 Å². The van der Waals surface area contributed by atoms with Gasteiger partial charge >= 0.3 is 0 Å². The largest absolute Gasteiger partial charge is 0.353 e. The van der Waals surface area contributed by atoms with Crippen molar-refractivity contribution < 1.29 is 4.39 Å². The zero-order chi connectivity index (χ0) is 21.8. The second kappa shape index (κ2) is 10.8. The van der Waals surface area contributed by atoms with Crippen molar-refractivity contribution in [2.45, 2.75) is 31.8 Å². The monoisotopic (exact) mass is 464 g/mol. The summed E-state index contributed by atoms with van der Waals surface area (Å²) in [6, 6.07) is 26.1. The molecule has 0 spiro atoms. The number of piperidine rings is 1. The molecule has 1 aliphatic heterocycles. The summed E-state index contributed by atoms with van der Waals surface area (Å²) in [6.07, 6.45) is 3.31. The molecular weight excluding hydrogens is 435 g/mol. The number of hydrogen-bond donors (Lipinski definition) is 1. The number of rotatable bonds is 7. The van der Waals surface area contributed by atoms with E-state index in [0.717, 1.165) is 61.4 Å². The van der Waals surface area contributed by atoms with Crippen LogP contribution in [0, 0.1) is 5.82 Å². The van der Waals surface area contributed by atoms with Crippen LogP contribution in [0.2, 0.25) is 0 Å². The Labute approximate surface area is 200 Å². The molecule has 0 bridgehead atoms. The molecular formula is C27H30ClFN4. The van der Waals surface area contributed by atoms with Crippen LogP contribution in [0.1, 0.15) is 24.0 Å². The van der Waals surface area contributed by atoms with Gasteiger partial charge in [-0.1, -0.05) is 54.6 Å². The molecule has 5 rings (SSSR count). The lowest BCUT2D eigenvalue weighted by atomic mass is 10.0. The van der Waals surface area contributed by atoms with E-state index in [2.05, 4.69) is 51.2 Å². The van der Waals surface area contributed by atoms with Crippen molar-refractivity contribution in [3.05, 3.63) is 95.8 Å².